The minimum absolute atomic E-state index is 0.0376. The Bertz CT molecular complexity index is 152. The van der Waals surface area contributed by atoms with E-state index >= 15 is 0 Å². The minimum Gasteiger partial charge on any atom is -0.353 e. The highest BCUT2D eigenvalue weighted by Gasteiger charge is 1.85. The third kappa shape index (κ3) is 11.2. The van der Waals surface area contributed by atoms with Gasteiger partial charge >= 0.3 is 0 Å². The maximum atomic E-state index is 10.5. The first-order valence-corrected chi connectivity index (χ1v) is 5.16. The van der Waals surface area contributed by atoms with Crippen molar-refractivity contribution in [3.8, 4) is 0 Å². The summed E-state index contributed by atoms with van der Waals surface area (Å²) in [5.74, 6) is 0.0376. The number of unbranched alkanes of at least 4 members (excludes halogenated alkanes) is 4. The fraction of sp³-hybridized carbons (Fsp3) is 0.727. The van der Waals surface area contributed by atoms with E-state index in [-0.39, 0.29) is 5.91 Å². The summed E-state index contributed by atoms with van der Waals surface area (Å²) in [6.07, 6.45) is 10.5. The molecular weight excluding hydrogens is 162 g/mol. The van der Waals surface area contributed by atoms with Crippen molar-refractivity contribution in [1.82, 2.24) is 5.32 Å². The zero-order valence-electron chi connectivity index (χ0n) is 8.81. The van der Waals surface area contributed by atoms with E-state index in [1.165, 1.54) is 32.6 Å². The molecule has 2 nitrogen and oxygen atoms in total. The maximum Gasteiger partial charge on any atom is 0.217 e. The van der Waals surface area contributed by atoms with E-state index in [1.807, 2.05) is 6.08 Å². The Morgan fingerprint density at radius 3 is 2.62 bits per heavy atom. The van der Waals surface area contributed by atoms with Crippen LogP contribution in [-0.4, -0.2) is 12.5 Å². The summed E-state index contributed by atoms with van der Waals surface area (Å²) < 4.78 is 0. The summed E-state index contributed by atoms with van der Waals surface area (Å²) in [6, 6.07) is 0. The quantitative estimate of drug-likeness (QED) is 0.477. The molecule has 0 atom stereocenters. The lowest BCUT2D eigenvalue weighted by Crippen LogP contribution is -2.19. The minimum atomic E-state index is 0.0376. The monoisotopic (exact) mass is 183 g/mol. The first-order chi connectivity index (χ1) is 6.27. The van der Waals surface area contributed by atoms with Gasteiger partial charge in [0.2, 0.25) is 5.91 Å². The van der Waals surface area contributed by atoms with Gasteiger partial charge in [-0.3, -0.25) is 4.79 Å². The topological polar surface area (TPSA) is 29.1 Å². The summed E-state index contributed by atoms with van der Waals surface area (Å²) in [6.45, 7) is 4.42. The Balaban J connectivity index is 3.08. The van der Waals surface area contributed by atoms with E-state index in [0.29, 0.717) is 6.54 Å². The van der Waals surface area contributed by atoms with Crippen LogP contribution in [0.2, 0.25) is 0 Å². The van der Waals surface area contributed by atoms with Crippen LogP contribution in [0.5, 0.6) is 0 Å². The molecule has 1 amide bonds. The number of carbonyl (C=O) groups is 1. The fourth-order valence-corrected chi connectivity index (χ4v) is 1.09. The summed E-state index contributed by atoms with van der Waals surface area (Å²) in [7, 11) is 0. The summed E-state index contributed by atoms with van der Waals surface area (Å²) in [5.41, 5.74) is 0. The predicted octanol–water partition coefficient (Wildman–Crippen LogP) is 2.65. The normalized spacial score (nSPS) is 10.6. The Hall–Kier alpha value is -0.790. The molecule has 0 aromatic rings. The molecule has 0 saturated heterocycles. The van der Waals surface area contributed by atoms with Gasteiger partial charge in [0, 0.05) is 13.5 Å². The molecule has 0 aliphatic carbocycles. The van der Waals surface area contributed by atoms with Crippen LogP contribution in [0.3, 0.4) is 0 Å². The van der Waals surface area contributed by atoms with Crippen LogP contribution in [0.4, 0.5) is 0 Å². The van der Waals surface area contributed by atoms with Gasteiger partial charge in [-0.15, -0.1) is 0 Å². The number of nitrogens with one attached hydrogen (secondary N) is 1. The Morgan fingerprint density at radius 1 is 1.23 bits per heavy atom. The second-order valence-electron chi connectivity index (χ2n) is 3.26. The average molecular weight is 183 g/mol. The standard InChI is InChI=1S/C11H21NO/c1-3-4-5-6-7-8-9-10-12-11(2)13/h8-9H,3-7,10H2,1-2H3,(H,12,13)/b9-8-. The number of hydrogen-bond donors (Lipinski definition) is 1. The molecule has 13 heavy (non-hydrogen) atoms. The van der Waals surface area contributed by atoms with Crippen molar-refractivity contribution < 1.29 is 4.79 Å². The molecule has 76 valence electrons. The van der Waals surface area contributed by atoms with Crippen LogP contribution in [-0.2, 0) is 4.79 Å². The third-order valence-corrected chi connectivity index (χ3v) is 1.86. The molecule has 0 saturated carbocycles. The number of rotatable bonds is 7. The zero-order valence-corrected chi connectivity index (χ0v) is 8.81. The molecule has 0 unspecified atom stereocenters. The van der Waals surface area contributed by atoms with Gasteiger partial charge in [0.25, 0.3) is 0 Å². The molecule has 0 spiro atoms. The number of allylic oxidation sites excluding steroid dienone is 1. The van der Waals surface area contributed by atoms with Gasteiger partial charge in [0.05, 0.1) is 0 Å². The molecule has 0 heterocycles. The molecule has 1 N–H and O–H groups in total. The van der Waals surface area contributed by atoms with Crippen molar-refractivity contribution in [2.45, 2.75) is 46.0 Å². The Labute approximate surface area is 81.4 Å². The maximum absolute atomic E-state index is 10.5. The highest BCUT2D eigenvalue weighted by molar-refractivity contribution is 5.72. The molecular formula is C11H21NO. The van der Waals surface area contributed by atoms with Crippen LogP contribution in [0.25, 0.3) is 0 Å². The van der Waals surface area contributed by atoms with Gasteiger partial charge in [-0.25, -0.2) is 0 Å². The predicted molar refractivity (Wildman–Crippen MR) is 56.6 cm³/mol. The molecule has 0 rings (SSSR count). The lowest BCUT2D eigenvalue weighted by molar-refractivity contribution is -0.118. The van der Waals surface area contributed by atoms with E-state index in [9.17, 15) is 4.79 Å². The van der Waals surface area contributed by atoms with E-state index in [0.717, 1.165) is 6.42 Å². The zero-order chi connectivity index (χ0) is 9.94. The first-order valence-electron chi connectivity index (χ1n) is 5.16. The fourth-order valence-electron chi connectivity index (χ4n) is 1.09. The summed E-state index contributed by atoms with van der Waals surface area (Å²) >= 11 is 0. The molecule has 0 aromatic carbocycles. The highest BCUT2D eigenvalue weighted by atomic mass is 16.1. The molecule has 0 bridgehead atoms. The van der Waals surface area contributed by atoms with Crippen molar-refractivity contribution >= 4 is 5.91 Å². The Morgan fingerprint density at radius 2 is 2.00 bits per heavy atom. The summed E-state index contributed by atoms with van der Waals surface area (Å²) in [5, 5.41) is 2.72. The van der Waals surface area contributed by atoms with Crippen molar-refractivity contribution in [3.05, 3.63) is 12.2 Å². The summed E-state index contributed by atoms with van der Waals surface area (Å²) in [4.78, 5) is 10.5. The largest absolute Gasteiger partial charge is 0.353 e. The molecule has 0 aliphatic heterocycles. The van der Waals surface area contributed by atoms with Gasteiger partial charge in [-0.05, 0) is 12.8 Å². The number of amides is 1. The third-order valence-electron chi connectivity index (χ3n) is 1.86. The number of carbonyl (C=O) groups excluding carboxylic acids is 1. The first kappa shape index (κ1) is 12.2. The van der Waals surface area contributed by atoms with E-state index in [2.05, 4.69) is 18.3 Å². The van der Waals surface area contributed by atoms with Gasteiger partial charge in [-0.2, -0.15) is 0 Å². The van der Waals surface area contributed by atoms with Crippen LogP contribution < -0.4 is 5.32 Å². The second-order valence-corrected chi connectivity index (χ2v) is 3.26. The van der Waals surface area contributed by atoms with Crippen LogP contribution in [0, 0.1) is 0 Å². The van der Waals surface area contributed by atoms with Gasteiger partial charge in [-0.1, -0.05) is 38.3 Å². The van der Waals surface area contributed by atoms with E-state index in [1.54, 1.807) is 0 Å². The molecule has 0 radical (unpaired) electrons. The molecule has 2 heteroatoms. The lowest BCUT2D eigenvalue weighted by atomic mass is 10.1. The SMILES string of the molecule is CCCCCC/C=C\CNC(C)=O. The van der Waals surface area contributed by atoms with Crippen molar-refractivity contribution in [2.24, 2.45) is 0 Å². The van der Waals surface area contributed by atoms with E-state index in [4.69, 9.17) is 0 Å². The van der Waals surface area contributed by atoms with Crippen LogP contribution in [0.1, 0.15) is 46.0 Å². The highest BCUT2D eigenvalue weighted by Crippen LogP contribution is 2.02. The van der Waals surface area contributed by atoms with Crippen molar-refractivity contribution in [3.63, 3.8) is 0 Å². The molecule has 0 fully saturated rings. The molecule has 0 aliphatic rings. The van der Waals surface area contributed by atoms with E-state index < -0.39 is 0 Å². The number of hydrogen-bond acceptors (Lipinski definition) is 1. The molecule has 0 aromatic heterocycles. The smallest absolute Gasteiger partial charge is 0.217 e. The van der Waals surface area contributed by atoms with Crippen molar-refractivity contribution in [1.29, 1.82) is 0 Å². The van der Waals surface area contributed by atoms with Crippen LogP contribution in [0.15, 0.2) is 12.2 Å². The second kappa shape index (κ2) is 9.30. The average Bonchev–Trinajstić information content (AvgIpc) is 2.09. The van der Waals surface area contributed by atoms with Crippen molar-refractivity contribution in [2.75, 3.05) is 6.54 Å². The van der Waals surface area contributed by atoms with Gasteiger partial charge in [0.15, 0.2) is 0 Å². The Kier molecular flexibility index (Phi) is 8.73. The van der Waals surface area contributed by atoms with Gasteiger partial charge < -0.3 is 5.32 Å². The lowest BCUT2D eigenvalue weighted by Gasteiger charge is -1.95. The van der Waals surface area contributed by atoms with Crippen LogP contribution >= 0.6 is 0 Å². The van der Waals surface area contributed by atoms with Gasteiger partial charge in [0.1, 0.15) is 0 Å².